The number of nitrogens with zero attached hydrogens (tertiary/aromatic N) is 1. The van der Waals surface area contributed by atoms with E-state index in [1.165, 1.54) is 103 Å². The second-order valence-electron chi connectivity index (χ2n) is 8.51. The quantitative estimate of drug-likeness (QED) is 0.467. The maximum absolute atomic E-state index is 11.6. The summed E-state index contributed by atoms with van der Waals surface area (Å²) in [6, 6.07) is 0. The van der Waals surface area contributed by atoms with Crippen LogP contribution in [0.1, 0.15) is 129 Å². The molecule has 2 nitrogen and oxygen atoms in total. The van der Waals surface area contributed by atoms with Gasteiger partial charge in [0.1, 0.15) is 5.54 Å². The molecule has 0 bridgehead atoms. The standard InChI is InChI=1S/C22H43NO/c1-21(2)22(23-24)19-17-15-13-11-9-7-5-3-4-6-8-10-12-14-16-18-20-22/h21H,3-20H2,1-2H3. The first kappa shape index (κ1) is 21.6. The van der Waals surface area contributed by atoms with Crippen molar-refractivity contribution in [1.29, 1.82) is 0 Å². The molecule has 1 fully saturated rings. The molecule has 0 heterocycles. The number of hydrogen-bond acceptors (Lipinski definition) is 2. The molecule has 0 aromatic heterocycles. The van der Waals surface area contributed by atoms with Crippen molar-refractivity contribution >= 4 is 0 Å². The van der Waals surface area contributed by atoms with Gasteiger partial charge in [0.25, 0.3) is 0 Å². The molecule has 0 radical (unpaired) electrons. The van der Waals surface area contributed by atoms with E-state index in [9.17, 15) is 4.91 Å². The Bertz CT molecular complexity index is 280. The summed E-state index contributed by atoms with van der Waals surface area (Å²) in [5, 5.41) is 3.67. The first-order chi connectivity index (χ1) is 11.7. The number of nitroso groups, excluding NO2 is 1. The SMILES string of the molecule is CC(C)C1(N=O)CCCCCCCCCCCCCCCCCC1. The lowest BCUT2D eigenvalue weighted by Gasteiger charge is -2.30. The van der Waals surface area contributed by atoms with Crippen molar-refractivity contribution in [3.8, 4) is 0 Å². The molecule has 0 aromatic rings. The summed E-state index contributed by atoms with van der Waals surface area (Å²) in [5.74, 6) is 0.379. The third-order valence-corrected chi connectivity index (χ3v) is 6.23. The smallest absolute Gasteiger partial charge is 0.105 e. The Hall–Kier alpha value is -0.400. The number of rotatable bonds is 2. The minimum atomic E-state index is -0.289. The van der Waals surface area contributed by atoms with Gasteiger partial charge in [-0.15, -0.1) is 0 Å². The van der Waals surface area contributed by atoms with Crippen molar-refractivity contribution in [3.63, 3.8) is 0 Å². The van der Waals surface area contributed by atoms with Gasteiger partial charge in [-0.25, -0.2) is 0 Å². The lowest BCUT2D eigenvalue weighted by atomic mass is 9.78. The van der Waals surface area contributed by atoms with Crippen LogP contribution in [0.4, 0.5) is 0 Å². The Balaban J connectivity index is 2.42. The predicted molar refractivity (Wildman–Crippen MR) is 106 cm³/mol. The average Bonchev–Trinajstić information content (AvgIpc) is 2.58. The zero-order chi connectivity index (χ0) is 17.5. The van der Waals surface area contributed by atoms with Crippen LogP contribution in [0, 0.1) is 10.8 Å². The van der Waals surface area contributed by atoms with Crippen LogP contribution in [0.25, 0.3) is 0 Å². The highest BCUT2D eigenvalue weighted by molar-refractivity contribution is 4.90. The topological polar surface area (TPSA) is 29.4 Å². The molecule has 1 rings (SSSR count). The van der Waals surface area contributed by atoms with Gasteiger partial charge >= 0.3 is 0 Å². The summed E-state index contributed by atoms with van der Waals surface area (Å²) >= 11 is 0. The molecule has 0 aromatic carbocycles. The van der Waals surface area contributed by atoms with Gasteiger partial charge in [0.05, 0.1) is 0 Å². The fourth-order valence-corrected chi connectivity index (χ4v) is 4.24. The van der Waals surface area contributed by atoms with Crippen LogP contribution >= 0.6 is 0 Å². The Morgan fingerprint density at radius 2 is 0.792 bits per heavy atom. The molecular weight excluding hydrogens is 294 g/mol. The highest BCUT2D eigenvalue weighted by Gasteiger charge is 2.34. The molecule has 1 aliphatic rings. The summed E-state index contributed by atoms with van der Waals surface area (Å²) < 4.78 is 0. The molecule has 0 amide bonds. The van der Waals surface area contributed by atoms with Crippen LogP contribution < -0.4 is 0 Å². The van der Waals surface area contributed by atoms with E-state index in [2.05, 4.69) is 19.0 Å². The van der Waals surface area contributed by atoms with Gasteiger partial charge in [-0.2, -0.15) is 4.91 Å². The van der Waals surface area contributed by atoms with Crippen molar-refractivity contribution in [1.82, 2.24) is 0 Å². The molecular formula is C22H43NO. The lowest BCUT2D eigenvalue weighted by Crippen LogP contribution is -2.32. The largest absolute Gasteiger partial charge is 0.150 e. The van der Waals surface area contributed by atoms with Crippen LogP contribution in [0.3, 0.4) is 0 Å². The van der Waals surface area contributed by atoms with Crippen LogP contribution in [0.2, 0.25) is 0 Å². The molecule has 0 N–H and O–H groups in total. The van der Waals surface area contributed by atoms with Crippen LogP contribution in [0.15, 0.2) is 5.18 Å². The highest BCUT2D eigenvalue weighted by atomic mass is 16.3. The molecule has 2 heteroatoms. The first-order valence-electron chi connectivity index (χ1n) is 11.1. The van der Waals surface area contributed by atoms with Crippen molar-refractivity contribution in [2.45, 2.75) is 135 Å². The monoisotopic (exact) mass is 337 g/mol. The van der Waals surface area contributed by atoms with Gasteiger partial charge in [0, 0.05) is 0 Å². The van der Waals surface area contributed by atoms with Gasteiger partial charge in [0.15, 0.2) is 0 Å². The lowest BCUT2D eigenvalue weighted by molar-refractivity contribution is 0.251. The average molecular weight is 338 g/mol. The minimum Gasteiger partial charge on any atom is -0.150 e. The normalized spacial score (nSPS) is 23.8. The maximum Gasteiger partial charge on any atom is 0.105 e. The fraction of sp³-hybridized carbons (Fsp3) is 1.00. The summed E-state index contributed by atoms with van der Waals surface area (Å²) in [4.78, 5) is 11.6. The van der Waals surface area contributed by atoms with E-state index in [1.54, 1.807) is 0 Å². The molecule has 24 heavy (non-hydrogen) atoms. The fourth-order valence-electron chi connectivity index (χ4n) is 4.24. The van der Waals surface area contributed by atoms with Crippen molar-refractivity contribution in [2.24, 2.45) is 11.1 Å². The Morgan fingerprint density at radius 3 is 1.00 bits per heavy atom. The van der Waals surface area contributed by atoms with Crippen molar-refractivity contribution in [3.05, 3.63) is 4.91 Å². The summed E-state index contributed by atoms with van der Waals surface area (Å²) in [6.45, 7) is 4.38. The second kappa shape index (κ2) is 13.8. The summed E-state index contributed by atoms with van der Waals surface area (Å²) in [5.41, 5.74) is -0.289. The third-order valence-electron chi connectivity index (χ3n) is 6.23. The minimum absolute atomic E-state index is 0.289. The summed E-state index contributed by atoms with van der Waals surface area (Å²) in [7, 11) is 0. The van der Waals surface area contributed by atoms with E-state index in [-0.39, 0.29) is 5.54 Å². The predicted octanol–water partition coefficient (Wildman–Crippen LogP) is 8.18. The van der Waals surface area contributed by atoms with Gasteiger partial charge in [0.2, 0.25) is 0 Å². The molecule has 0 spiro atoms. The van der Waals surface area contributed by atoms with Gasteiger partial charge < -0.3 is 0 Å². The van der Waals surface area contributed by atoms with E-state index < -0.39 is 0 Å². The van der Waals surface area contributed by atoms with Gasteiger partial charge in [-0.1, -0.05) is 122 Å². The van der Waals surface area contributed by atoms with Crippen LogP contribution in [0.5, 0.6) is 0 Å². The van der Waals surface area contributed by atoms with Crippen LogP contribution in [-0.2, 0) is 0 Å². The molecule has 0 aliphatic heterocycles. The van der Waals surface area contributed by atoms with E-state index in [0.717, 1.165) is 12.8 Å². The molecule has 1 saturated carbocycles. The van der Waals surface area contributed by atoms with E-state index in [0.29, 0.717) is 5.92 Å². The molecule has 142 valence electrons. The van der Waals surface area contributed by atoms with Crippen molar-refractivity contribution in [2.75, 3.05) is 0 Å². The van der Waals surface area contributed by atoms with E-state index in [1.807, 2.05) is 0 Å². The molecule has 0 atom stereocenters. The Morgan fingerprint density at radius 1 is 0.542 bits per heavy atom. The molecule has 0 unspecified atom stereocenters. The Kier molecular flexibility index (Phi) is 12.5. The molecule has 0 saturated heterocycles. The maximum atomic E-state index is 11.6. The van der Waals surface area contributed by atoms with Gasteiger partial charge in [-0.3, -0.25) is 0 Å². The second-order valence-corrected chi connectivity index (χ2v) is 8.51. The summed E-state index contributed by atoms with van der Waals surface area (Å²) in [6.07, 6.45) is 23.8. The van der Waals surface area contributed by atoms with Crippen molar-refractivity contribution < 1.29 is 0 Å². The third kappa shape index (κ3) is 9.18. The Labute approximate surface area is 151 Å². The molecule has 1 aliphatic carbocycles. The van der Waals surface area contributed by atoms with Crippen LogP contribution in [-0.4, -0.2) is 5.54 Å². The number of hydrogen-bond donors (Lipinski definition) is 0. The first-order valence-corrected chi connectivity index (χ1v) is 11.1. The zero-order valence-electron chi connectivity index (χ0n) is 16.7. The zero-order valence-corrected chi connectivity index (χ0v) is 16.7. The van der Waals surface area contributed by atoms with E-state index >= 15 is 0 Å². The van der Waals surface area contributed by atoms with E-state index in [4.69, 9.17) is 0 Å². The highest BCUT2D eigenvalue weighted by Crippen LogP contribution is 2.34. The van der Waals surface area contributed by atoms with Gasteiger partial charge in [-0.05, 0) is 18.8 Å².